The van der Waals surface area contributed by atoms with Crippen LogP contribution in [0.5, 0.6) is 0 Å². The van der Waals surface area contributed by atoms with Crippen LogP contribution in [0.25, 0.3) is 0 Å². The molecule has 1 saturated carbocycles. The number of carboxylic acids is 1. The molecule has 2 aromatic carbocycles. The summed E-state index contributed by atoms with van der Waals surface area (Å²) in [5, 5.41) is 9.59. The Morgan fingerprint density at radius 3 is 2.11 bits per heavy atom. The van der Waals surface area contributed by atoms with Crippen LogP contribution in [0.1, 0.15) is 23.5 Å². The van der Waals surface area contributed by atoms with Crippen LogP contribution in [-0.4, -0.2) is 11.1 Å². The third-order valence-electron chi connectivity index (χ3n) is 3.83. The van der Waals surface area contributed by atoms with Crippen molar-refractivity contribution in [2.45, 2.75) is 17.8 Å². The van der Waals surface area contributed by atoms with Gasteiger partial charge in [0.05, 0.1) is 0 Å². The van der Waals surface area contributed by atoms with Crippen molar-refractivity contribution in [2.24, 2.45) is 0 Å². The second kappa shape index (κ2) is 3.98. The third-order valence-corrected chi connectivity index (χ3v) is 3.83. The van der Waals surface area contributed by atoms with E-state index >= 15 is 0 Å². The molecule has 0 amide bonds. The Bertz CT molecular complexity index is 562. The molecular formula is C16H14O2. The maximum atomic E-state index is 11.7. The molecule has 18 heavy (non-hydrogen) atoms. The highest BCUT2D eigenvalue weighted by Gasteiger charge is 2.61. The first-order chi connectivity index (χ1) is 8.75. The SMILES string of the molecule is O=C(O)[C@]1(c2ccccc2)C[C@H]1c1ccccc1. The van der Waals surface area contributed by atoms with Gasteiger partial charge in [-0.15, -0.1) is 0 Å². The fourth-order valence-electron chi connectivity index (χ4n) is 2.77. The molecule has 0 bridgehead atoms. The van der Waals surface area contributed by atoms with Crippen molar-refractivity contribution >= 4 is 5.97 Å². The number of carboxylic acid groups (broad SMARTS) is 1. The second-order valence-corrected chi connectivity index (χ2v) is 4.81. The zero-order valence-electron chi connectivity index (χ0n) is 9.91. The predicted octanol–water partition coefficient (Wildman–Crippen LogP) is 3.20. The van der Waals surface area contributed by atoms with Crippen molar-refractivity contribution in [1.29, 1.82) is 0 Å². The molecule has 1 fully saturated rings. The number of benzene rings is 2. The second-order valence-electron chi connectivity index (χ2n) is 4.81. The van der Waals surface area contributed by atoms with Gasteiger partial charge in [0.15, 0.2) is 0 Å². The van der Waals surface area contributed by atoms with Crippen LogP contribution in [0.4, 0.5) is 0 Å². The number of hydrogen-bond acceptors (Lipinski definition) is 1. The fraction of sp³-hybridized carbons (Fsp3) is 0.188. The molecule has 0 aliphatic heterocycles. The molecule has 0 radical (unpaired) electrons. The lowest BCUT2D eigenvalue weighted by Crippen LogP contribution is -2.21. The largest absolute Gasteiger partial charge is 0.481 e. The van der Waals surface area contributed by atoms with E-state index in [0.717, 1.165) is 11.1 Å². The predicted molar refractivity (Wildman–Crippen MR) is 69.6 cm³/mol. The Labute approximate surface area is 106 Å². The van der Waals surface area contributed by atoms with Gasteiger partial charge in [-0.1, -0.05) is 60.7 Å². The topological polar surface area (TPSA) is 37.3 Å². The van der Waals surface area contributed by atoms with Crippen molar-refractivity contribution in [3.63, 3.8) is 0 Å². The Kier molecular flexibility index (Phi) is 2.44. The summed E-state index contributed by atoms with van der Waals surface area (Å²) in [6.45, 7) is 0. The van der Waals surface area contributed by atoms with Gasteiger partial charge < -0.3 is 5.11 Å². The Morgan fingerprint density at radius 2 is 1.56 bits per heavy atom. The fourth-order valence-corrected chi connectivity index (χ4v) is 2.77. The van der Waals surface area contributed by atoms with Crippen molar-refractivity contribution in [2.75, 3.05) is 0 Å². The molecule has 2 nitrogen and oxygen atoms in total. The van der Waals surface area contributed by atoms with Crippen molar-refractivity contribution in [3.05, 3.63) is 71.8 Å². The van der Waals surface area contributed by atoms with Crippen LogP contribution in [0, 0.1) is 0 Å². The van der Waals surface area contributed by atoms with Gasteiger partial charge >= 0.3 is 5.97 Å². The van der Waals surface area contributed by atoms with Gasteiger partial charge in [0.25, 0.3) is 0 Å². The molecule has 0 heterocycles. The molecule has 2 atom stereocenters. The lowest BCUT2D eigenvalue weighted by molar-refractivity contribution is -0.140. The summed E-state index contributed by atoms with van der Waals surface area (Å²) in [6, 6.07) is 19.5. The number of rotatable bonds is 3. The lowest BCUT2D eigenvalue weighted by Gasteiger charge is -2.13. The van der Waals surface area contributed by atoms with Gasteiger partial charge in [-0.05, 0) is 17.5 Å². The molecule has 3 rings (SSSR count). The van der Waals surface area contributed by atoms with Crippen LogP contribution >= 0.6 is 0 Å². The van der Waals surface area contributed by atoms with E-state index in [1.165, 1.54) is 0 Å². The molecule has 2 aromatic rings. The summed E-state index contributed by atoms with van der Waals surface area (Å²) in [5.41, 5.74) is 1.30. The third kappa shape index (κ3) is 1.53. The van der Waals surface area contributed by atoms with E-state index in [4.69, 9.17) is 0 Å². The van der Waals surface area contributed by atoms with Gasteiger partial charge in [-0.25, -0.2) is 0 Å². The quantitative estimate of drug-likeness (QED) is 0.891. The van der Waals surface area contributed by atoms with Gasteiger partial charge in [0, 0.05) is 5.92 Å². The number of carbonyl (C=O) groups is 1. The van der Waals surface area contributed by atoms with Gasteiger partial charge in [-0.2, -0.15) is 0 Å². The molecular weight excluding hydrogens is 224 g/mol. The summed E-state index contributed by atoms with van der Waals surface area (Å²) in [5.74, 6) is -0.624. The standard InChI is InChI=1S/C16H14O2/c17-15(18)16(13-9-5-2-6-10-13)11-14(16)12-7-3-1-4-8-12/h1-10,14H,11H2,(H,17,18)/t14-,16-/m0/s1. The Hall–Kier alpha value is -2.09. The maximum Gasteiger partial charge on any atom is 0.314 e. The average Bonchev–Trinajstić information content (AvgIpc) is 3.18. The molecule has 1 aliphatic carbocycles. The Morgan fingerprint density at radius 1 is 1.00 bits per heavy atom. The van der Waals surface area contributed by atoms with E-state index < -0.39 is 11.4 Å². The van der Waals surface area contributed by atoms with Crippen molar-refractivity contribution in [1.82, 2.24) is 0 Å². The molecule has 0 aromatic heterocycles. The van der Waals surface area contributed by atoms with Crippen LogP contribution in [0.2, 0.25) is 0 Å². The summed E-state index contributed by atoms with van der Waals surface area (Å²) >= 11 is 0. The average molecular weight is 238 g/mol. The van der Waals surface area contributed by atoms with Crippen LogP contribution < -0.4 is 0 Å². The molecule has 0 unspecified atom stereocenters. The summed E-state index contributed by atoms with van der Waals surface area (Å²) in [6.07, 6.45) is 0.691. The summed E-state index contributed by atoms with van der Waals surface area (Å²) in [4.78, 5) is 11.7. The normalized spacial score (nSPS) is 25.7. The zero-order valence-corrected chi connectivity index (χ0v) is 9.91. The lowest BCUT2D eigenvalue weighted by atomic mass is 9.91. The zero-order chi connectivity index (χ0) is 12.6. The molecule has 0 spiro atoms. The van der Waals surface area contributed by atoms with Crippen molar-refractivity contribution < 1.29 is 9.90 Å². The smallest absolute Gasteiger partial charge is 0.314 e. The first-order valence-electron chi connectivity index (χ1n) is 6.09. The van der Waals surface area contributed by atoms with Crippen molar-refractivity contribution in [3.8, 4) is 0 Å². The number of aliphatic carboxylic acids is 1. The minimum absolute atomic E-state index is 0.0959. The van der Waals surface area contributed by atoms with Crippen LogP contribution in [0.15, 0.2) is 60.7 Å². The van der Waals surface area contributed by atoms with E-state index in [9.17, 15) is 9.90 Å². The van der Waals surface area contributed by atoms with E-state index in [1.807, 2.05) is 60.7 Å². The highest BCUT2D eigenvalue weighted by Crippen LogP contribution is 2.60. The molecule has 1 N–H and O–H groups in total. The van der Waals surface area contributed by atoms with E-state index in [2.05, 4.69) is 0 Å². The summed E-state index contributed by atoms with van der Waals surface area (Å²) in [7, 11) is 0. The van der Waals surface area contributed by atoms with Crippen LogP contribution in [0.3, 0.4) is 0 Å². The Balaban J connectivity index is 2.01. The van der Waals surface area contributed by atoms with Gasteiger partial charge in [0.1, 0.15) is 5.41 Å². The van der Waals surface area contributed by atoms with Crippen LogP contribution in [-0.2, 0) is 10.2 Å². The molecule has 0 saturated heterocycles. The first-order valence-corrected chi connectivity index (χ1v) is 6.09. The van der Waals surface area contributed by atoms with E-state index in [0.29, 0.717) is 6.42 Å². The van der Waals surface area contributed by atoms with E-state index in [1.54, 1.807) is 0 Å². The molecule has 1 aliphatic rings. The summed E-state index contributed by atoms with van der Waals surface area (Å²) < 4.78 is 0. The van der Waals surface area contributed by atoms with Gasteiger partial charge in [-0.3, -0.25) is 4.79 Å². The highest BCUT2D eigenvalue weighted by molar-refractivity contribution is 5.87. The molecule has 2 heteroatoms. The number of hydrogen-bond donors (Lipinski definition) is 1. The maximum absolute atomic E-state index is 11.7. The molecule has 90 valence electrons. The first kappa shape index (κ1) is 11.0. The minimum Gasteiger partial charge on any atom is -0.481 e. The van der Waals surface area contributed by atoms with E-state index in [-0.39, 0.29) is 5.92 Å². The highest BCUT2D eigenvalue weighted by atomic mass is 16.4. The minimum atomic E-state index is -0.720. The monoisotopic (exact) mass is 238 g/mol. The van der Waals surface area contributed by atoms with Gasteiger partial charge in [0.2, 0.25) is 0 Å².